The van der Waals surface area contributed by atoms with E-state index in [1.165, 1.54) is 5.56 Å². The molecule has 0 aromatic heterocycles. The molecule has 1 amide bonds. The molecule has 1 aromatic carbocycles. The zero-order valence-electron chi connectivity index (χ0n) is 16.4. The van der Waals surface area contributed by atoms with E-state index >= 15 is 0 Å². The Morgan fingerprint density at radius 2 is 2.07 bits per heavy atom. The lowest BCUT2D eigenvalue weighted by Gasteiger charge is -2.28. The number of nitrogens with two attached hydrogens (primary N) is 1. The van der Waals surface area contributed by atoms with Gasteiger partial charge in [0.1, 0.15) is 6.04 Å². The average Bonchev–Trinajstić information content (AvgIpc) is 3.12. The molecule has 1 atom stereocenters. The van der Waals surface area contributed by atoms with Gasteiger partial charge in [-0.25, -0.2) is 8.42 Å². The summed E-state index contributed by atoms with van der Waals surface area (Å²) in [6, 6.07) is 6.05. The van der Waals surface area contributed by atoms with Gasteiger partial charge in [-0.05, 0) is 62.6 Å². The number of hydrogen-bond donors (Lipinski definition) is 3. The van der Waals surface area contributed by atoms with E-state index in [2.05, 4.69) is 21.1 Å². The Hall–Kier alpha value is -1.93. The molecule has 1 saturated carbocycles. The fourth-order valence-corrected chi connectivity index (χ4v) is 4.91. The Balaban J connectivity index is 1.45. The van der Waals surface area contributed by atoms with Crippen molar-refractivity contribution < 1.29 is 13.2 Å². The lowest BCUT2D eigenvalue weighted by atomic mass is 9.86. The van der Waals surface area contributed by atoms with Gasteiger partial charge in [0, 0.05) is 24.4 Å². The van der Waals surface area contributed by atoms with Crippen LogP contribution < -0.4 is 16.4 Å². The van der Waals surface area contributed by atoms with Crippen LogP contribution in [0.2, 0.25) is 0 Å². The zero-order chi connectivity index (χ0) is 20.1. The largest absolute Gasteiger partial charge is 0.373 e. The summed E-state index contributed by atoms with van der Waals surface area (Å²) >= 11 is 0. The van der Waals surface area contributed by atoms with Crippen LogP contribution in [-0.2, 0) is 21.2 Å². The van der Waals surface area contributed by atoms with Gasteiger partial charge in [-0.2, -0.15) is 4.40 Å². The molecule has 2 aliphatic rings. The van der Waals surface area contributed by atoms with Crippen LogP contribution in [0.25, 0.3) is 0 Å². The second-order valence-electron chi connectivity index (χ2n) is 7.81. The molecule has 1 unspecified atom stereocenters. The quantitative estimate of drug-likeness (QED) is 0.597. The Morgan fingerprint density at radius 3 is 2.75 bits per heavy atom. The third-order valence-electron chi connectivity index (χ3n) is 5.58. The third kappa shape index (κ3) is 5.32. The molecule has 3 rings (SSSR count). The molecule has 7 nitrogen and oxygen atoms in total. The van der Waals surface area contributed by atoms with Crippen LogP contribution in [0, 0.1) is 12.8 Å². The predicted molar refractivity (Wildman–Crippen MR) is 112 cm³/mol. The highest BCUT2D eigenvalue weighted by Crippen LogP contribution is 2.29. The van der Waals surface area contributed by atoms with Gasteiger partial charge in [-0.3, -0.25) is 4.79 Å². The molecular formula is C20H30N4O3S. The van der Waals surface area contributed by atoms with Crippen LogP contribution >= 0.6 is 0 Å². The van der Waals surface area contributed by atoms with Crippen LogP contribution in [0.4, 0.5) is 5.69 Å². The van der Waals surface area contributed by atoms with Gasteiger partial charge in [-0.15, -0.1) is 0 Å². The van der Waals surface area contributed by atoms with Gasteiger partial charge in [-0.1, -0.05) is 18.2 Å². The molecule has 1 aromatic rings. The fraction of sp³-hybridized carbons (Fsp3) is 0.600. The molecule has 1 aliphatic heterocycles. The van der Waals surface area contributed by atoms with Crippen molar-refractivity contribution in [2.75, 3.05) is 17.6 Å². The highest BCUT2D eigenvalue weighted by atomic mass is 32.2. The summed E-state index contributed by atoms with van der Waals surface area (Å²) in [6.07, 6.45) is 6.05. The van der Waals surface area contributed by atoms with Crippen molar-refractivity contribution in [1.82, 2.24) is 5.32 Å². The van der Waals surface area contributed by atoms with E-state index in [1.54, 1.807) is 6.21 Å². The van der Waals surface area contributed by atoms with Crippen LogP contribution in [0.3, 0.4) is 0 Å². The van der Waals surface area contributed by atoms with Gasteiger partial charge >= 0.3 is 0 Å². The molecular weight excluding hydrogens is 376 g/mol. The number of aryl methyl sites for hydroxylation is 1. The number of anilines is 1. The van der Waals surface area contributed by atoms with Crippen molar-refractivity contribution in [3.63, 3.8) is 0 Å². The standard InChI is InChI=1S/C20H30N4O3S/c1-14-4-2-5-16-12-18(24-19(14)16)20(25)23-17-8-6-15(7-9-17)13-22-28(26,27)11-3-10-21/h2,4-5,13,15,17-18,24H,3,6-12,21H2,1H3,(H,23,25). The van der Waals surface area contributed by atoms with Crippen molar-refractivity contribution in [1.29, 1.82) is 0 Å². The summed E-state index contributed by atoms with van der Waals surface area (Å²) in [7, 11) is -3.41. The number of amides is 1. The number of rotatable bonds is 7. The van der Waals surface area contributed by atoms with E-state index in [1.807, 2.05) is 19.1 Å². The molecule has 1 heterocycles. The predicted octanol–water partition coefficient (Wildman–Crippen LogP) is 1.76. The smallest absolute Gasteiger partial charge is 0.252 e. The van der Waals surface area contributed by atoms with Crippen LogP contribution in [0.1, 0.15) is 43.2 Å². The number of carbonyl (C=O) groups is 1. The van der Waals surface area contributed by atoms with Crippen molar-refractivity contribution >= 4 is 27.8 Å². The van der Waals surface area contributed by atoms with Crippen LogP contribution in [0.15, 0.2) is 22.6 Å². The SMILES string of the molecule is Cc1cccc2c1NC(C(=O)NC1CCC(C=NS(=O)(=O)CCCN)CC1)C2. The van der Waals surface area contributed by atoms with E-state index in [-0.39, 0.29) is 29.7 Å². The molecule has 4 N–H and O–H groups in total. The number of carbonyl (C=O) groups excluding carboxylic acids is 1. The number of nitrogens with zero attached hydrogens (tertiary/aromatic N) is 1. The van der Waals surface area contributed by atoms with E-state index in [0.29, 0.717) is 19.4 Å². The first-order valence-corrected chi connectivity index (χ1v) is 11.6. The molecule has 0 radical (unpaired) electrons. The Bertz CT molecular complexity index is 830. The van der Waals surface area contributed by atoms with E-state index in [9.17, 15) is 13.2 Å². The van der Waals surface area contributed by atoms with E-state index in [0.717, 1.165) is 36.9 Å². The fourth-order valence-electron chi connectivity index (χ4n) is 3.92. The van der Waals surface area contributed by atoms with Gasteiger partial charge < -0.3 is 16.4 Å². The topological polar surface area (TPSA) is 114 Å². The molecule has 0 saturated heterocycles. The Labute approximate surface area is 167 Å². The molecule has 0 spiro atoms. The molecule has 154 valence electrons. The summed E-state index contributed by atoms with van der Waals surface area (Å²) in [5.74, 6) is 0.191. The minimum absolute atomic E-state index is 0.00164. The number of benzene rings is 1. The summed E-state index contributed by atoms with van der Waals surface area (Å²) in [5.41, 5.74) is 8.79. The normalized spacial score (nSPS) is 24.7. The van der Waals surface area contributed by atoms with Crippen molar-refractivity contribution in [3.8, 4) is 0 Å². The average molecular weight is 407 g/mol. The Morgan fingerprint density at radius 1 is 1.32 bits per heavy atom. The minimum atomic E-state index is -3.41. The zero-order valence-corrected chi connectivity index (χ0v) is 17.2. The first kappa shape index (κ1) is 20.8. The molecule has 28 heavy (non-hydrogen) atoms. The maximum atomic E-state index is 12.6. The summed E-state index contributed by atoms with van der Waals surface area (Å²) in [4.78, 5) is 12.6. The van der Waals surface area contributed by atoms with E-state index in [4.69, 9.17) is 5.73 Å². The third-order valence-corrected chi connectivity index (χ3v) is 6.82. The highest BCUT2D eigenvalue weighted by molar-refractivity contribution is 7.90. The van der Waals surface area contributed by atoms with Gasteiger partial charge in [0.25, 0.3) is 10.0 Å². The van der Waals surface area contributed by atoms with Crippen LogP contribution in [-0.4, -0.2) is 44.9 Å². The second-order valence-corrected chi connectivity index (χ2v) is 9.60. The number of hydrogen-bond acceptors (Lipinski definition) is 5. The van der Waals surface area contributed by atoms with Crippen molar-refractivity contribution in [2.45, 2.75) is 57.5 Å². The van der Waals surface area contributed by atoms with Gasteiger partial charge in [0.15, 0.2) is 0 Å². The summed E-state index contributed by atoms with van der Waals surface area (Å²) in [6.45, 7) is 2.39. The van der Waals surface area contributed by atoms with Crippen molar-refractivity contribution in [3.05, 3.63) is 29.3 Å². The monoisotopic (exact) mass is 406 g/mol. The highest BCUT2D eigenvalue weighted by Gasteiger charge is 2.30. The Kier molecular flexibility index (Phi) is 6.72. The van der Waals surface area contributed by atoms with Crippen LogP contribution in [0.5, 0.6) is 0 Å². The molecule has 0 bridgehead atoms. The van der Waals surface area contributed by atoms with Gasteiger partial charge in [0.05, 0.1) is 5.75 Å². The van der Waals surface area contributed by atoms with E-state index < -0.39 is 10.0 Å². The number of para-hydroxylation sites is 1. The lowest BCUT2D eigenvalue weighted by Crippen LogP contribution is -2.45. The maximum absolute atomic E-state index is 12.6. The number of sulfonamides is 1. The second kappa shape index (κ2) is 9.05. The summed E-state index contributed by atoms with van der Waals surface area (Å²) in [5, 5.41) is 6.50. The first-order valence-electron chi connectivity index (χ1n) is 10.0. The molecule has 8 heteroatoms. The lowest BCUT2D eigenvalue weighted by molar-refractivity contribution is -0.122. The maximum Gasteiger partial charge on any atom is 0.252 e. The number of fused-ring (bicyclic) bond motifs is 1. The first-order chi connectivity index (χ1) is 13.4. The summed E-state index contributed by atoms with van der Waals surface area (Å²) < 4.78 is 27.4. The number of nitrogens with one attached hydrogen (secondary N) is 2. The molecule has 1 aliphatic carbocycles. The molecule has 1 fully saturated rings. The minimum Gasteiger partial charge on any atom is -0.373 e. The van der Waals surface area contributed by atoms with Crippen molar-refractivity contribution in [2.24, 2.45) is 16.0 Å². The van der Waals surface area contributed by atoms with Gasteiger partial charge in [0.2, 0.25) is 5.91 Å².